The van der Waals surface area contributed by atoms with Gasteiger partial charge in [-0.25, -0.2) is 4.79 Å². The van der Waals surface area contributed by atoms with E-state index in [1.807, 2.05) is 37.3 Å². The lowest BCUT2D eigenvalue weighted by Crippen LogP contribution is -2.04. The van der Waals surface area contributed by atoms with Crippen LogP contribution in [0.5, 0.6) is 11.5 Å². The Morgan fingerprint density at radius 3 is 2.40 bits per heavy atom. The number of carboxylic acids is 1. The lowest BCUT2D eigenvalue weighted by atomic mass is 10.0. The Bertz CT molecular complexity index is 730. The van der Waals surface area contributed by atoms with E-state index >= 15 is 0 Å². The minimum atomic E-state index is -0.978. The minimum absolute atomic E-state index is 0.220. The molecule has 0 bridgehead atoms. The molecule has 0 unspecified atom stereocenters. The van der Waals surface area contributed by atoms with Crippen molar-refractivity contribution in [3.63, 3.8) is 0 Å². The normalized spacial score (nSPS) is 11.4. The molecule has 0 aromatic heterocycles. The summed E-state index contributed by atoms with van der Waals surface area (Å²) in [6.45, 7) is 7.26. The van der Waals surface area contributed by atoms with E-state index in [4.69, 9.17) is 9.47 Å². The molecule has 0 saturated heterocycles. The molecule has 2 aromatic rings. The number of carbonyl (C=O) groups is 1. The van der Waals surface area contributed by atoms with Gasteiger partial charge >= 0.3 is 5.97 Å². The van der Waals surface area contributed by atoms with Crippen LogP contribution in [-0.2, 0) is 4.79 Å². The Hall–Kier alpha value is -2.75. The van der Waals surface area contributed by atoms with Crippen LogP contribution in [-0.4, -0.2) is 24.3 Å². The third-order valence-electron chi connectivity index (χ3n) is 3.46. The highest BCUT2D eigenvalue weighted by molar-refractivity contribution is 6.20. The number of ether oxygens (including phenoxy) is 2. The highest BCUT2D eigenvalue weighted by Gasteiger charge is 2.11. The van der Waals surface area contributed by atoms with Gasteiger partial charge in [-0.3, -0.25) is 0 Å². The number of carboxylic acid groups (broad SMARTS) is 1. The zero-order valence-electron chi connectivity index (χ0n) is 14.9. The zero-order chi connectivity index (χ0) is 18.2. The summed E-state index contributed by atoms with van der Waals surface area (Å²) in [4.78, 5) is 11.7. The number of aliphatic carboxylic acids is 1. The van der Waals surface area contributed by atoms with Gasteiger partial charge in [-0.1, -0.05) is 38.1 Å². The molecule has 0 spiro atoms. The van der Waals surface area contributed by atoms with E-state index in [0.717, 1.165) is 11.3 Å². The molecule has 0 fully saturated rings. The van der Waals surface area contributed by atoms with Gasteiger partial charge < -0.3 is 14.6 Å². The van der Waals surface area contributed by atoms with Crippen molar-refractivity contribution < 1.29 is 19.4 Å². The van der Waals surface area contributed by atoms with E-state index in [0.29, 0.717) is 30.4 Å². The maximum Gasteiger partial charge on any atom is 0.336 e. The first-order chi connectivity index (χ1) is 12.0. The van der Waals surface area contributed by atoms with Gasteiger partial charge in [0, 0.05) is 0 Å². The monoisotopic (exact) mass is 340 g/mol. The molecule has 0 atom stereocenters. The van der Waals surface area contributed by atoms with Crippen LogP contribution >= 0.6 is 0 Å². The van der Waals surface area contributed by atoms with E-state index in [1.165, 1.54) is 0 Å². The summed E-state index contributed by atoms with van der Waals surface area (Å²) < 4.78 is 11.1. The van der Waals surface area contributed by atoms with Gasteiger partial charge in [0.25, 0.3) is 0 Å². The van der Waals surface area contributed by atoms with Gasteiger partial charge in [0.2, 0.25) is 0 Å². The number of rotatable bonds is 8. The molecule has 0 radical (unpaired) electrons. The summed E-state index contributed by atoms with van der Waals surface area (Å²) in [5.74, 6) is 0.912. The quantitative estimate of drug-likeness (QED) is 0.557. The predicted molar refractivity (Wildman–Crippen MR) is 99.9 cm³/mol. The Morgan fingerprint density at radius 2 is 1.80 bits per heavy atom. The molecule has 0 aliphatic rings. The Labute approximate surface area is 148 Å². The van der Waals surface area contributed by atoms with Gasteiger partial charge in [0.15, 0.2) is 0 Å². The van der Waals surface area contributed by atoms with E-state index in [2.05, 4.69) is 13.8 Å². The van der Waals surface area contributed by atoms with Crippen LogP contribution in [0.1, 0.15) is 31.9 Å². The average Bonchev–Trinajstić information content (AvgIpc) is 2.59. The summed E-state index contributed by atoms with van der Waals surface area (Å²) in [6, 6.07) is 14.5. The van der Waals surface area contributed by atoms with Crippen LogP contribution in [0.3, 0.4) is 0 Å². The first kappa shape index (κ1) is 18.6. The second kappa shape index (κ2) is 8.92. The third kappa shape index (κ3) is 5.68. The largest absolute Gasteiger partial charge is 0.494 e. The number of hydrogen-bond acceptors (Lipinski definition) is 3. The fourth-order valence-electron chi connectivity index (χ4n) is 2.28. The topological polar surface area (TPSA) is 55.8 Å². The fourth-order valence-corrected chi connectivity index (χ4v) is 2.28. The first-order valence-electron chi connectivity index (χ1n) is 8.40. The molecular formula is C21H24O4. The molecule has 2 rings (SSSR count). The SMILES string of the molecule is CCOc1cccc(/C(=C/c2ccc(OCC(C)C)cc2)C(=O)O)c1. The summed E-state index contributed by atoms with van der Waals surface area (Å²) >= 11 is 0. The molecule has 0 amide bonds. The lowest BCUT2D eigenvalue weighted by molar-refractivity contribution is -0.130. The maximum atomic E-state index is 11.7. The number of benzene rings is 2. The summed E-state index contributed by atoms with van der Waals surface area (Å²) in [6.07, 6.45) is 1.65. The highest BCUT2D eigenvalue weighted by atomic mass is 16.5. The van der Waals surface area contributed by atoms with Crippen molar-refractivity contribution in [2.75, 3.05) is 13.2 Å². The summed E-state index contributed by atoms with van der Waals surface area (Å²) in [5.41, 5.74) is 1.63. The summed E-state index contributed by atoms with van der Waals surface area (Å²) in [7, 11) is 0. The second-order valence-corrected chi connectivity index (χ2v) is 6.10. The molecule has 0 aliphatic heterocycles. The van der Waals surface area contributed by atoms with E-state index in [9.17, 15) is 9.90 Å². The highest BCUT2D eigenvalue weighted by Crippen LogP contribution is 2.24. The first-order valence-corrected chi connectivity index (χ1v) is 8.40. The Balaban J connectivity index is 2.25. The third-order valence-corrected chi connectivity index (χ3v) is 3.46. The Morgan fingerprint density at radius 1 is 1.08 bits per heavy atom. The molecule has 0 heterocycles. The van der Waals surface area contributed by atoms with Crippen LogP contribution in [0, 0.1) is 5.92 Å². The fraction of sp³-hybridized carbons (Fsp3) is 0.286. The van der Waals surface area contributed by atoms with Crippen LogP contribution < -0.4 is 9.47 Å². The van der Waals surface area contributed by atoms with Crippen molar-refractivity contribution in [3.05, 3.63) is 59.7 Å². The van der Waals surface area contributed by atoms with Crippen molar-refractivity contribution in [1.82, 2.24) is 0 Å². The van der Waals surface area contributed by atoms with Gasteiger partial charge in [-0.2, -0.15) is 0 Å². The summed E-state index contributed by atoms with van der Waals surface area (Å²) in [5, 5.41) is 9.57. The zero-order valence-corrected chi connectivity index (χ0v) is 14.9. The number of hydrogen-bond donors (Lipinski definition) is 1. The van der Waals surface area contributed by atoms with Gasteiger partial charge in [0.05, 0.1) is 18.8 Å². The van der Waals surface area contributed by atoms with Crippen molar-refractivity contribution >= 4 is 17.6 Å². The molecule has 132 valence electrons. The van der Waals surface area contributed by atoms with Crippen molar-refractivity contribution in [1.29, 1.82) is 0 Å². The maximum absolute atomic E-state index is 11.7. The molecule has 0 saturated carbocycles. The molecule has 25 heavy (non-hydrogen) atoms. The average molecular weight is 340 g/mol. The Kier molecular flexibility index (Phi) is 6.63. The molecule has 1 N–H and O–H groups in total. The van der Waals surface area contributed by atoms with Gasteiger partial charge in [-0.15, -0.1) is 0 Å². The standard InChI is InChI=1S/C21H24O4/c1-4-24-19-7-5-6-17(13-19)20(21(22)23)12-16-8-10-18(11-9-16)25-14-15(2)3/h5-13,15H,4,14H2,1-3H3,(H,22,23)/b20-12-. The van der Waals surface area contributed by atoms with Crippen molar-refractivity contribution in [2.45, 2.75) is 20.8 Å². The van der Waals surface area contributed by atoms with Crippen molar-refractivity contribution in [2.24, 2.45) is 5.92 Å². The minimum Gasteiger partial charge on any atom is -0.494 e. The van der Waals surface area contributed by atoms with Crippen LogP contribution in [0.15, 0.2) is 48.5 Å². The van der Waals surface area contributed by atoms with E-state index < -0.39 is 5.97 Å². The second-order valence-electron chi connectivity index (χ2n) is 6.10. The molecule has 4 heteroatoms. The van der Waals surface area contributed by atoms with E-state index in [1.54, 1.807) is 24.3 Å². The lowest BCUT2D eigenvalue weighted by Gasteiger charge is -2.09. The molecule has 0 aliphatic carbocycles. The smallest absolute Gasteiger partial charge is 0.336 e. The van der Waals surface area contributed by atoms with Crippen LogP contribution in [0.25, 0.3) is 11.6 Å². The van der Waals surface area contributed by atoms with Crippen LogP contribution in [0.2, 0.25) is 0 Å². The molecular weight excluding hydrogens is 316 g/mol. The van der Waals surface area contributed by atoms with Crippen LogP contribution in [0.4, 0.5) is 0 Å². The molecule has 2 aromatic carbocycles. The van der Waals surface area contributed by atoms with E-state index in [-0.39, 0.29) is 5.57 Å². The predicted octanol–water partition coefficient (Wildman–Crippen LogP) is 4.75. The van der Waals surface area contributed by atoms with Gasteiger partial charge in [0.1, 0.15) is 11.5 Å². The van der Waals surface area contributed by atoms with Crippen molar-refractivity contribution in [3.8, 4) is 11.5 Å². The van der Waals surface area contributed by atoms with Gasteiger partial charge in [-0.05, 0) is 54.3 Å². The molecule has 4 nitrogen and oxygen atoms in total.